The summed E-state index contributed by atoms with van der Waals surface area (Å²) < 4.78 is 13.5. The lowest BCUT2D eigenvalue weighted by atomic mass is 10.1. The molecule has 0 saturated heterocycles. The van der Waals surface area contributed by atoms with Crippen molar-refractivity contribution in [2.24, 2.45) is 0 Å². The first-order chi connectivity index (χ1) is 17.2. The zero-order valence-corrected chi connectivity index (χ0v) is 22.3. The van der Waals surface area contributed by atoms with Crippen LogP contribution in [-0.4, -0.2) is 19.6 Å². The van der Waals surface area contributed by atoms with E-state index in [0.717, 1.165) is 24.3 Å². The van der Waals surface area contributed by atoms with Gasteiger partial charge < -0.3 is 14.8 Å². The van der Waals surface area contributed by atoms with Gasteiger partial charge in [0.25, 0.3) is 5.91 Å². The Morgan fingerprint density at radius 2 is 1.54 bits per heavy atom. The van der Waals surface area contributed by atoms with Crippen molar-refractivity contribution in [2.75, 3.05) is 13.7 Å². The van der Waals surface area contributed by atoms with E-state index in [1.165, 1.54) is 70.6 Å². The molecule has 0 saturated carbocycles. The van der Waals surface area contributed by atoms with Crippen molar-refractivity contribution in [3.05, 3.63) is 53.9 Å². The van der Waals surface area contributed by atoms with Crippen LogP contribution in [0, 0.1) is 0 Å². The summed E-state index contributed by atoms with van der Waals surface area (Å²) in [7, 11) is 1.59. The van der Waals surface area contributed by atoms with E-state index >= 15 is 0 Å². The van der Waals surface area contributed by atoms with Crippen molar-refractivity contribution in [1.29, 1.82) is 0 Å². The second kappa shape index (κ2) is 17.8. The molecule has 0 spiro atoms. The van der Waals surface area contributed by atoms with Crippen molar-refractivity contribution < 1.29 is 18.8 Å². The van der Waals surface area contributed by atoms with Crippen LogP contribution in [0.5, 0.6) is 11.5 Å². The summed E-state index contributed by atoms with van der Waals surface area (Å²) in [5.74, 6) is 1.13. The summed E-state index contributed by atoms with van der Waals surface area (Å²) in [6, 6.07) is 9.45. The molecule has 5 nitrogen and oxygen atoms in total. The van der Waals surface area contributed by atoms with Gasteiger partial charge in [-0.2, -0.15) is 0 Å². The van der Waals surface area contributed by atoms with Gasteiger partial charge >= 0.3 is 0 Å². The Morgan fingerprint density at radius 3 is 2.17 bits per heavy atom. The highest BCUT2D eigenvalue weighted by Crippen LogP contribution is 2.25. The summed E-state index contributed by atoms with van der Waals surface area (Å²) >= 11 is 0. The number of benzene rings is 1. The highest BCUT2D eigenvalue weighted by Gasteiger charge is 2.14. The molecule has 2 rings (SSSR count). The number of ether oxygens (including phenoxy) is 2. The minimum absolute atomic E-state index is 0.152. The molecule has 1 aromatic carbocycles. The van der Waals surface area contributed by atoms with Crippen molar-refractivity contribution in [1.82, 2.24) is 5.32 Å². The largest absolute Gasteiger partial charge is 0.496 e. The number of nitrogens with one attached hydrogen (secondary N) is 1. The van der Waals surface area contributed by atoms with Crippen LogP contribution in [0.4, 0.5) is 0 Å². The third-order valence-electron chi connectivity index (χ3n) is 6.42. The van der Waals surface area contributed by atoms with Crippen LogP contribution >= 0.6 is 0 Å². The van der Waals surface area contributed by atoms with E-state index in [2.05, 4.69) is 23.7 Å². The molecule has 2 aromatic rings. The number of aryl methyl sites for hydroxylation is 1. The lowest BCUT2D eigenvalue weighted by Crippen LogP contribution is -2.32. The lowest BCUT2D eigenvalue weighted by Gasteiger charge is -2.12. The smallest absolute Gasteiger partial charge is 0.255 e. The standard InChI is InChI=1S/C30H46N2O3/c1-4-6-7-8-9-10-11-12-13-14-15-16-22-35-27-19-20-28(29(23-27)34-3)30(33)31-24-26-18-17-21-32(5-2)25-26/h17-21,23,25H,4-16,22,24H2,1-3H3/p+1. The SMILES string of the molecule is CCCCCCCCCCCCCCOc1ccc(C(=O)NCc2ccc[n+](CC)c2)c(OC)c1. The average molecular weight is 484 g/mol. The van der Waals surface area contributed by atoms with Gasteiger partial charge in [-0.1, -0.05) is 77.6 Å². The lowest BCUT2D eigenvalue weighted by molar-refractivity contribution is -0.694. The van der Waals surface area contributed by atoms with Crippen LogP contribution in [0.3, 0.4) is 0 Å². The maximum Gasteiger partial charge on any atom is 0.255 e. The van der Waals surface area contributed by atoms with Gasteiger partial charge in [0.1, 0.15) is 18.0 Å². The summed E-state index contributed by atoms with van der Waals surface area (Å²) in [5.41, 5.74) is 1.58. The zero-order chi connectivity index (χ0) is 25.1. The fraction of sp³-hybridized carbons (Fsp3) is 0.600. The number of methoxy groups -OCH3 is 1. The van der Waals surface area contributed by atoms with E-state index in [4.69, 9.17) is 9.47 Å². The Labute approximate surface area is 213 Å². The number of carbonyl (C=O) groups is 1. The van der Waals surface area contributed by atoms with Gasteiger partial charge in [-0.3, -0.25) is 4.79 Å². The van der Waals surface area contributed by atoms with Crippen molar-refractivity contribution >= 4 is 5.91 Å². The highest BCUT2D eigenvalue weighted by molar-refractivity contribution is 5.97. The van der Waals surface area contributed by atoms with Gasteiger partial charge in [-0.05, 0) is 31.5 Å². The van der Waals surface area contributed by atoms with Crippen LogP contribution < -0.4 is 19.4 Å². The summed E-state index contributed by atoms with van der Waals surface area (Å²) in [5, 5.41) is 2.98. The molecule has 0 bridgehead atoms. The number of hydrogen-bond donors (Lipinski definition) is 1. The topological polar surface area (TPSA) is 51.4 Å². The molecule has 194 valence electrons. The molecule has 0 aliphatic rings. The number of nitrogens with zero attached hydrogens (tertiary/aromatic N) is 1. The minimum Gasteiger partial charge on any atom is -0.496 e. The first-order valence-electron chi connectivity index (χ1n) is 13.7. The van der Waals surface area contributed by atoms with Crippen LogP contribution in [0.1, 0.15) is 107 Å². The molecular formula is C30H47N2O3+. The number of rotatable bonds is 19. The molecule has 5 heteroatoms. The second-order valence-corrected chi connectivity index (χ2v) is 9.32. The number of aromatic nitrogens is 1. The van der Waals surface area contributed by atoms with Gasteiger partial charge in [0.05, 0.1) is 19.3 Å². The van der Waals surface area contributed by atoms with E-state index in [9.17, 15) is 4.79 Å². The highest BCUT2D eigenvalue weighted by atomic mass is 16.5. The molecule has 1 aromatic heterocycles. The van der Waals surface area contributed by atoms with E-state index in [-0.39, 0.29) is 5.91 Å². The number of amides is 1. The molecule has 0 unspecified atom stereocenters. The minimum atomic E-state index is -0.152. The van der Waals surface area contributed by atoms with Crippen LogP contribution in [0.2, 0.25) is 0 Å². The Bertz CT molecular complexity index is 853. The quantitative estimate of drug-likeness (QED) is 0.173. The van der Waals surface area contributed by atoms with Gasteiger partial charge in [-0.25, -0.2) is 4.57 Å². The monoisotopic (exact) mass is 483 g/mol. The molecule has 0 fully saturated rings. The van der Waals surface area contributed by atoms with Crippen LogP contribution in [0.25, 0.3) is 0 Å². The number of carbonyl (C=O) groups excluding carboxylic acids is 1. The predicted molar refractivity (Wildman–Crippen MR) is 143 cm³/mol. The number of hydrogen-bond acceptors (Lipinski definition) is 3. The molecular weight excluding hydrogens is 436 g/mol. The van der Waals surface area contributed by atoms with Crippen LogP contribution in [0.15, 0.2) is 42.7 Å². The van der Waals surface area contributed by atoms with Gasteiger partial charge in [0.15, 0.2) is 12.4 Å². The molecule has 35 heavy (non-hydrogen) atoms. The summed E-state index contributed by atoms with van der Waals surface area (Å²) in [6.07, 6.45) is 20.0. The first-order valence-corrected chi connectivity index (χ1v) is 13.7. The molecule has 0 aliphatic carbocycles. The van der Waals surface area contributed by atoms with E-state index in [1.54, 1.807) is 13.2 Å². The van der Waals surface area contributed by atoms with Gasteiger partial charge in [0, 0.05) is 24.2 Å². The zero-order valence-electron chi connectivity index (χ0n) is 22.3. The summed E-state index contributed by atoms with van der Waals surface area (Å²) in [4.78, 5) is 12.7. The number of unbranched alkanes of at least 4 members (excludes halogenated alkanes) is 11. The fourth-order valence-electron chi connectivity index (χ4n) is 4.24. The Morgan fingerprint density at radius 1 is 0.886 bits per heavy atom. The van der Waals surface area contributed by atoms with E-state index in [0.29, 0.717) is 24.5 Å². The molecule has 0 atom stereocenters. The average Bonchev–Trinajstić information content (AvgIpc) is 2.89. The fourth-order valence-corrected chi connectivity index (χ4v) is 4.24. The van der Waals surface area contributed by atoms with Crippen molar-refractivity contribution in [3.63, 3.8) is 0 Å². The predicted octanol–water partition coefficient (Wildman–Crippen LogP) is 7.01. The van der Waals surface area contributed by atoms with Gasteiger partial charge in [0.2, 0.25) is 0 Å². The number of pyridine rings is 1. The third-order valence-corrected chi connectivity index (χ3v) is 6.42. The van der Waals surface area contributed by atoms with E-state index < -0.39 is 0 Å². The summed E-state index contributed by atoms with van der Waals surface area (Å²) in [6.45, 7) is 6.43. The van der Waals surface area contributed by atoms with E-state index in [1.807, 2.05) is 36.7 Å². The molecule has 1 heterocycles. The van der Waals surface area contributed by atoms with Gasteiger partial charge in [-0.15, -0.1) is 0 Å². The third kappa shape index (κ3) is 11.6. The molecule has 1 N–H and O–H groups in total. The molecule has 0 radical (unpaired) electrons. The maximum absolute atomic E-state index is 12.7. The Hall–Kier alpha value is -2.56. The molecule has 1 amide bonds. The Balaban J connectivity index is 1.63. The maximum atomic E-state index is 12.7. The van der Waals surface area contributed by atoms with Crippen molar-refractivity contribution in [2.45, 2.75) is 104 Å². The normalized spacial score (nSPS) is 10.8. The Kier molecular flexibility index (Phi) is 14.6. The van der Waals surface area contributed by atoms with Crippen LogP contribution in [-0.2, 0) is 13.1 Å². The van der Waals surface area contributed by atoms with Crippen molar-refractivity contribution in [3.8, 4) is 11.5 Å². The second-order valence-electron chi connectivity index (χ2n) is 9.32. The molecule has 0 aliphatic heterocycles. The first kappa shape index (κ1) is 28.7.